The van der Waals surface area contributed by atoms with E-state index in [1.165, 1.54) is 0 Å². The van der Waals surface area contributed by atoms with Crippen molar-refractivity contribution in [2.24, 2.45) is 0 Å². The van der Waals surface area contributed by atoms with E-state index in [4.69, 9.17) is 20.6 Å². The Bertz CT molecular complexity index is 466. The molecule has 0 atom stereocenters. The standard InChI is InChI=1S/C12H15ClFO3P/c1-3-16-18(15,17-4-2)12(14)9-10-6-5-7-11(13)8-10/h5-9H,3-4H2,1-2H3/b12-9-. The Hall–Kier alpha value is -0.670. The van der Waals surface area contributed by atoms with E-state index in [-0.39, 0.29) is 13.2 Å². The van der Waals surface area contributed by atoms with E-state index in [0.29, 0.717) is 10.6 Å². The van der Waals surface area contributed by atoms with Crippen molar-refractivity contribution in [2.75, 3.05) is 13.2 Å². The van der Waals surface area contributed by atoms with E-state index in [0.717, 1.165) is 6.08 Å². The lowest BCUT2D eigenvalue weighted by Gasteiger charge is -2.14. The van der Waals surface area contributed by atoms with Crippen LogP contribution in [0.1, 0.15) is 19.4 Å². The highest BCUT2D eigenvalue weighted by Crippen LogP contribution is 2.57. The van der Waals surface area contributed by atoms with E-state index < -0.39 is 13.2 Å². The summed E-state index contributed by atoms with van der Waals surface area (Å²) in [7, 11) is -3.84. The monoisotopic (exact) mass is 292 g/mol. The first-order valence-corrected chi connectivity index (χ1v) is 7.46. The molecule has 1 rings (SSSR count). The number of rotatable bonds is 6. The van der Waals surface area contributed by atoms with E-state index >= 15 is 0 Å². The summed E-state index contributed by atoms with van der Waals surface area (Å²) < 4.78 is 35.8. The van der Waals surface area contributed by atoms with Crippen LogP contribution in [0, 0.1) is 0 Å². The number of benzene rings is 1. The molecule has 0 aliphatic rings. The van der Waals surface area contributed by atoms with Crippen molar-refractivity contribution in [3.8, 4) is 0 Å². The zero-order valence-electron chi connectivity index (χ0n) is 10.2. The molecule has 0 amide bonds. The fourth-order valence-electron chi connectivity index (χ4n) is 1.31. The second kappa shape index (κ2) is 7.05. The summed E-state index contributed by atoms with van der Waals surface area (Å²) in [6.07, 6.45) is 1.11. The van der Waals surface area contributed by atoms with Gasteiger partial charge in [-0.15, -0.1) is 0 Å². The molecule has 0 N–H and O–H groups in total. The van der Waals surface area contributed by atoms with Crippen molar-refractivity contribution < 1.29 is 18.0 Å². The summed E-state index contributed by atoms with van der Waals surface area (Å²) in [5.41, 5.74) is -0.423. The lowest BCUT2D eigenvalue weighted by molar-refractivity contribution is 0.220. The highest BCUT2D eigenvalue weighted by Gasteiger charge is 2.30. The predicted octanol–water partition coefficient (Wildman–Crippen LogP) is 4.87. The molecule has 0 aliphatic carbocycles. The van der Waals surface area contributed by atoms with Gasteiger partial charge in [-0.25, -0.2) is 0 Å². The van der Waals surface area contributed by atoms with Crippen molar-refractivity contribution in [2.45, 2.75) is 13.8 Å². The average Bonchev–Trinajstić information content (AvgIpc) is 2.29. The lowest BCUT2D eigenvalue weighted by atomic mass is 10.2. The first kappa shape index (κ1) is 15.4. The Labute approximate surface area is 111 Å². The van der Waals surface area contributed by atoms with Crippen LogP contribution in [0.15, 0.2) is 29.8 Å². The maximum Gasteiger partial charge on any atom is 0.389 e. The minimum atomic E-state index is -3.84. The van der Waals surface area contributed by atoms with Gasteiger partial charge in [0.25, 0.3) is 0 Å². The summed E-state index contributed by atoms with van der Waals surface area (Å²) in [5.74, 6) is 0. The number of hydrogen-bond donors (Lipinski definition) is 0. The summed E-state index contributed by atoms with van der Waals surface area (Å²) in [6, 6.07) is 6.55. The predicted molar refractivity (Wildman–Crippen MR) is 71.4 cm³/mol. The van der Waals surface area contributed by atoms with E-state index in [9.17, 15) is 8.96 Å². The Balaban J connectivity index is 3.02. The van der Waals surface area contributed by atoms with E-state index in [1.807, 2.05) is 0 Å². The lowest BCUT2D eigenvalue weighted by Crippen LogP contribution is -1.96. The van der Waals surface area contributed by atoms with E-state index in [1.54, 1.807) is 38.1 Å². The molecule has 0 aliphatic heterocycles. The van der Waals surface area contributed by atoms with Crippen LogP contribution in [0.3, 0.4) is 0 Å². The molecule has 0 spiro atoms. The molecule has 0 unspecified atom stereocenters. The minimum Gasteiger partial charge on any atom is -0.304 e. The highest BCUT2D eigenvalue weighted by molar-refractivity contribution is 7.58. The van der Waals surface area contributed by atoms with Gasteiger partial charge in [0.15, 0.2) is 0 Å². The Kier molecular flexibility index (Phi) is 6.03. The van der Waals surface area contributed by atoms with Gasteiger partial charge in [0, 0.05) is 5.02 Å². The van der Waals surface area contributed by atoms with Crippen LogP contribution >= 0.6 is 19.2 Å². The molecule has 0 saturated heterocycles. The van der Waals surface area contributed by atoms with Crippen molar-refractivity contribution in [3.05, 3.63) is 40.4 Å². The molecule has 0 radical (unpaired) electrons. The van der Waals surface area contributed by atoms with Gasteiger partial charge in [0.05, 0.1) is 13.2 Å². The van der Waals surface area contributed by atoms with E-state index in [2.05, 4.69) is 0 Å². The van der Waals surface area contributed by atoms with Gasteiger partial charge < -0.3 is 9.05 Å². The zero-order chi connectivity index (χ0) is 13.6. The quantitative estimate of drug-likeness (QED) is 0.701. The van der Waals surface area contributed by atoms with Crippen LogP contribution in [0.2, 0.25) is 5.02 Å². The molecule has 6 heteroatoms. The van der Waals surface area contributed by atoms with Gasteiger partial charge >= 0.3 is 7.60 Å². The van der Waals surface area contributed by atoms with Crippen LogP contribution in [-0.2, 0) is 13.6 Å². The molecular formula is C12H15ClFO3P. The average molecular weight is 293 g/mol. The van der Waals surface area contributed by atoms with Crippen molar-refractivity contribution >= 4 is 25.3 Å². The second-order valence-corrected chi connectivity index (χ2v) is 5.73. The number of halogens is 2. The van der Waals surface area contributed by atoms with Gasteiger partial charge in [0.2, 0.25) is 5.57 Å². The Morgan fingerprint density at radius 1 is 1.39 bits per heavy atom. The first-order chi connectivity index (χ1) is 8.51. The molecule has 100 valence electrons. The third-order valence-electron chi connectivity index (χ3n) is 1.99. The third kappa shape index (κ3) is 4.21. The number of hydrogen-bond acceptors (Lipinski definition) is 3. The smallest absolute Gasteiger partial charge is 0.304 e. The van der Waals surface area contributed by atoms with Crippen LogP contribution < -0.4 is 0 Å². The van der Waals surface area contributed by atoms with Crippen LogP contribution in [0.4, 0.5) is 4.39 Å². The largest absolute Gasteiger partial charge is 0.389 e. The van der Waals surface area contributed by atoms with Crippen molar-refractivity contribution in [1.29, 1.82) is 0 Å². The fourth-order valence-corrected chi connectivity index (χ4v) is 2.82. The Morgan fingerprint density at radius 3 is 2.50 bits per heavy atom. The van der Waals surface area contributed by atoms with Crippen molar-refractivity contribution in [1.82, 2.24) is 0 Å². The summed E-state index contributed by atoms with van der Waals surface area (Å²) in [5, 5.41) is 0.471. The molecule has 1 aromatic carbocycles. The summed E-state index contributed by atoms with van der Waals surface area (Å²) in [6.45, 7) is 3.46. The van der Waals surface area contributed by atoms with Crippen molar-refractivity contribution in [3.63, 3.8) is 0 Å². The molecule has 0 saturated carbocycles. The van der Waals surface area contributed by atoms with Gasteiger partial charge in [-0.3, -0.25) is 4.57 Å². The normalized spacial score (nSPS) is 12.8. The van der Waals surface area contributed by atoms with Crippen LogP contribution in [-0.4, -0.2) is 13.2 Å². The molecule has 1 aromatic rings. The molecule has 0 fully saturated rings. The highest BCUT2D eigenvalue weighted by atomic mass is 35.5. The fraction of sp³-hybridized carbons (Fsp3) is 0.333. The third-order valence-corrected chi connectivity index (χ3v) is 4.08. The second-order valence-electron chi connectivity index (χ2n) is 3.36. The summed E-state index contributed by atoms with van der Waals surface area (Å²) in [4.78, 5) is 0. The first-order valence-electron chi connectivity index (χ1n) is 5.54. The van der Waals surface area contributed by atoms with Gasteiger partial charge in [-0.1, -0.05) is 23.7 Å². The maximum atomic E-state index is 13.9. The molecule has 0 heterocycles. The van der Waals surface area contributed by atoms with Crippen LogP contribution in [0.5, 0.6) is 0 Å². The molecule has 0 bridgehead atoms. The summed E-state index contributed by atoms with van der Waals surface area (Å²) >= 11 is 5.78. The zero-order valence-corrected chi connectivity index (χ0v) is 11.9. The molecule has 0 aromatic heterocycles. The Morgan fingerprint density at radius 2 is 2.00 bits per heavy atom. The van der Waals surface area contributed by atoms with Gasteiger partial charge in [-0.05, 0) is 37.6 Å². The maximum absolute atomic E-state index is 13.9. The minimum absolute atomic E-state index is 0.105. The SMILES string of the molecule is CCOP(=O)(OCC)/C(F)=C\c1cccc(Cl)c1. The van der Waals surface area contributed by atoms with Gasteiger partial charge in [-0.2, -0.15) is 4.39 Å². The molecular weight excluding hydrogens is 278 g/mol. The molecule has 3 nitrogen and oxygen atoms in total. The van der Waals surface area contributed by atoms with Crippen LogP contribution in [0.25, 0.3) is 6.08 Å². The van der Waals surface area contributed by atoms with Gasteiger partial charge in [0.1, 0.15) is 0 Å². The topological polar surface area (TPSA) is 35.5 Å². The molecule has 18 heavy (non-hydrogen) atoms.